The quantitative estimate of drug-likeness (QED) is 0.327. The van der Waals surface area contributed by atoms with Crippen LogP contribution in [-0.4, -0.2) is 57.9 Å². The number of hydrogen-bond donors (Lipinski definition) is 0. The topological polar surface area (TPSA) is 106 Å². The molecule has 1 aliphatic rings. The minimum atomic E-state index is -0.376. The molecular formula is C21H21N5O4S. The largest absolute Gasteiger partial charge is 0.411 e. The Kier molecular flexibility index (Phi) is 6.17. The van der Waals surface area contributed by atoms with Crippen LogP contribution in [0.1, 0.15) is 5.56 Å². The highest BCUT2D eigenvalue weighted by molar-refractivity contribution is 7.99. The van der Waals surface area contributed by atoms with Gasteiger partial charge >= 0.3 is 0 Å². The van der Waals surface area contributed by atoms with Crippen molar-refractivity contribution in [3.05, 3.63) is 64.2 Å². The minimum Gasteiger partial charge on any atom is -0.411 e. The molecule has 1 fully saturated rings. The molecule has 160 valence electrons. The zero-order chi connectivity index (χ0) is 21.8. The highest BCUT2D eigenvalue weighted by Crippen LogP contribution is 2.29. The Balaban J connectivity index is 1.31. The molecule has 2 heterocycles. The Morgan fingerprint density at radius 1 is 1.10 bits per heavy atom. The first-order valence-electron chi connectivity index (χ1n) is 9.81. The number of rotatable bonds is 6. The van der Waals surface area contributed by atoms with Crippen LogP contribution in [0.5, 0.6) is 0 Å². The number of aromatic nitrogens is 2. The predicted octanol–water partition coefficient (Wildman–Crippen LogP) is 3.39. The van der Waals surface area contributed by atoms with Crippen molar-refractivity contribution in [3.63, 3.8) is 0 Å². The molecule has 31 heavy (non-hydrogen) atoms. The lowest BCUT2D eigenvalue weighted by atomic mass is 10.1. The summed E-state index contributed by atoms with van der Waals surface area (Å²) in [5.74, 6) is 0.606. The molecule has 2 aromatic carbocycles. The molecule has 3 aromatic rings. The van der Waals surface area contributed by atoms with E-state index in [0.717, 1.165) is 11.1 Å². The number of nitro groups is 1. The van der Waals surface area contributed by atoms with Crippen LogP contribution >= 0.6 is 11.8 Å². The summed E-state index contributed by atoms with van der Waals surface area (Å²) < 4.78 is 5.70. The molecule has 1 aromatic heterocycles. The van der Waals surface area contributed by atoms with Crippen LogP contribution in [0.4, 0.5) is 11.4 Å². The number of nitrogens with zero attached hydrogens (tertiary/aromatic N) is 5. The third kappa shape index (κ3) is 4.69. The first kappa shape index (κ1) is 20.9. The fourth-order valence-corrected chi connectivity index (χ4v) is 4.15. The van der Waals surface area contributed by atoms with Gasteiger partial charge in [-0.2, -0.15) is 0 Å². The first-order valence-corrected chi connectivity index (χ1v) is 10.8. The number of anilines is 1. The van der Waals surface area contributed by atoms with Crippen molar-refractivity contribution < 1.29 is 14.1 Å². The minimum absolute atomic E-state index is 0.0251. The lowest BCUT2D eigenvalue weighted by molar-refractivity contribution is -0.384. The van der Waals surface area contributed by atoms with Gasteiger partial charge in [-0.3, -0.25) is 14.9 Å². The van der Waals surface area contributed by atoms with Gasteiger partial charge in [0.25, 0.3) is 10.9 Å². The number of piperazine rings is 1. The van der Waals surface area contributed by atoms with E-state index in [2.05, 4.69) is 10.2 Å². The van der Waals surface area contributed by atoms with E-state index in [1.807, 2.05) is 36.1 Å². The van der Waals surface area contributed by atoms with Crippen LogP contribution in [0.2, 0.25) is 0 Å². The maximum Gasteiger partial charge on any atom is 0.292 e. The molecule has 0 unspecified atom stereocenters. The molecule has 0 saturated carbocycles. The number of nitro benzene ring substituents is 1. The molecule has 0 aliphatic carbocycles. The number of amides is 1. The van der Waals surface area contributed by atoms with Gasteiger partial charge in [0, 0.05) is 37.8 Å². The van der Waals surface area contributed by atoms with Gasteiger partial charge in [-0.15, -0.1) is 10.2 Å². The highest BCUT2D eigenvalue weighted by atomic mass is 32.2. The van der Waals surface area contributed by atoms with Crippen LogP contribution < -0.4 is 4.90 Å². The van der Waals surface area contributed by atoms with Crippen molar-refractivity contribution in [2.75, 3.05) is 36.8 Å². The fraction of sp³-hybridized carbons (Fsp3) is 0.286. The summed E-state index contributed by atoms with van der Waals surface area (Å²) >= 11 is 1.21. The third-order valence-electron chi connectivity index (χ3n) is 5.15. The molecule has 10 heteroatoms. The zero-order valence-corrected chi connectivity index (χ0v) is 17.7. The standard InChI is InChI=1S/C21H21N5O4S/c1-15-6-2-3-7-16(15)20-22-23-21(30-20)31-14-19(27)25-12-10-24(11-13-25)17-8-4-5-9-18(17)26(28)29/h2-9H,10-14H2,1H3. The lowest BCUT2D eigenvalue weighted by Gasteiger charge is -2.35. The van der Waals surface area contributed by atoms with E-state index in [-0.39, 0.29) is 22.3 Å². The van der Waals surface area contributed by atoms with Crippen molar-refractivity contribution in [3.8, 4) is 11.5 Å². The van der Waals surface area contributed by atoms with Crippen molar-refractivity contribution in [1.29, 1.82) is 0 Å². The molecule has 0 atom stereocenters. The Bertz CT molecular complexity index is 1090. The van der Waals surface area contributed by atoms with E-state index in [1.54, 1.807) is 23.1 Å². The third-order valence-corrected chi connectivity index (χ3v) is 5.96. The molecule has 4 rings (SSSR count). The molecule has 0 N–H and O–H groups in total. The van der Waals surface area contributed by atoms with Gasteiger partial charge in [-0.1, -0.05) is 42.1 Å². The second-order valence-corrected chi connectivity index (χ2v) is 8.02. The van der Waals surface area contributed by atoms with Gasteiger partial charge in [0.15, 0.2) is 0 Å². The zero-order valence-electron chi connectivity index (χ0n) is 16.9. The van der Waals surface area contributed by atoms with Gasteiger partial charge in [0.1, 0.15) is 5.69 Å². The van der Waals surface area contributed by atoms with Crippen molar-refractivity contribution in [2.24, 2.45) is 0 Å². The van der Waals surface area contributed by atoms with Crippen LogP contribution in [0, 0.1) is 17.0 Å². The van der Waals surface area contributed by atoms with E-state index in [1.165, 1.54) is 17.8 Å². The average Bonchev–Trinajstić information content (AvgIpc) is 3.26. The SMILES string of the molecule is Cc1ccccc1-c1nnc(SCC(=O)N2CCN(c3ccccc3[N+](=O)[O-])CC2)o1. The summed E-state index contributed by atoms with van der Waals surface area (Å²) in [5, 5.41) is 19.7. The molecule has 0 bridgehead atoms. The average molecular weight is 439 g/mol. The van der Waals surface area contributed by atoms with Gasteiger partial charge in [-0.05, 0) is 24.6 Å². The van der Waals surface area contributed by atoms with E-state index in [9.17, 15) is 14.9 Å². The van der Waals surface area contributed by atoms with Crippen LogP contribution in [0.25, 0.3) is 11.5 Å². The number of hydrogen-bond acceptors (Lipinski definition) is 8. The Morgan fingerprint density at radius 3 is 2.55 bits per heavy atom. The number of carbonyl (C=O) groups excluding carboxylic acids is 1. The first-order chi connectivity index (χ1) is 15.0. The molecule has 1 amide bonds. The number of benzene rings is 2. The van der Waals surface area contributed by atoms with E-state index < -0.39 is 0 Å². The number of para-hydroxylation sites is 2. The number of thioether (sulfide) groups is 1. The summed E-state index contributed by atoms with van der Waals surface area (Å²) in [6, 6.07) is 14.4. The Hall–Kier alpha value is -3.40. The van der Waals surface area contributed by atoms with Crippen LogP contribution in [0.3, 0.4) is 0 Å². The van der Waals surface area contributed by atoms with Gasteiger partial charge in [0.2, 0.25) is 11.8 Å². The summed E-state index contributed by atoms with van der Waals surface area (Å²) in [4.78, 5) is 27.2. The number of carbonyl (C=O) groups is 1. The Labute approximate surface area is 183 Å². The summed E-state index contributed by atoms with van der Waals surface area (Å²) in [6.45, 7) is 4.06. The normalized spacial score (nSPS) is 14.0. The van der Waals surface area contributed by atoms with Crippen molar-refractivity contribution in [2.45, 2.75) is 12.1 Å². The molecular weight excluding hydrogens is 418 g/mol. The maximum absolute atomic E-state index is 12.6. The summed E-state index contributed by atoms with van der Waals surface area (Å²) in [5.41, 5.74) is 2.58. The molecule has 0 spiro atoms. The Morgan fingerprint density at radius 2 is 1.81 bits per heavy atom. The second kappa shape index (κ2) is 9.17. The molecule has 9 nitrogen and oxygen atoms in total. The van der Waals surface area contributed by atoms with Gasteiger partial charge < -0.3 is 14.2 Å². The van der Waals surface area contributed by atoms with Gasteiger partial charge in [0.05, 0.1) is 10.7 Å². The van der Waals surface area contributed by atoms with Gasteiger partial charge in [-0.25, -0.2) is 0 Å². The monoisotopic (exact) mass is 439 g/mol. The number of aryl methyl sites for hydroxylation is 1. The van der Waals surface area contributed by atoms with Crippen LogP contribution in [-0.2, 0) is 4.79 Å². The molecule has 1 saturated heterocycles. The smallest absolute Gasteiger partial charge is 0.292 e. The predicted molar refractivity (Wildman–Crippen MR) is 117 cm³/mol. The van der Waals surface area contributed by atoms with Crippen LogP contribution in [0.15, 0.2) is 58.2 Å². The maximum atomic E-state index is 12.6. The van der Waals surface area contributed by atoms with E-state index >= 15 is 0 Å². The molecule has 0 radical (unpaired) electrons. The summed E-state index contributed by atoms with van der Waals surface area (Å²) in [7, 11) is 0. The van der Waals surface area contributed by atoms with E-state index in [0.29, 0.717) is 43.0 Å². The van der Waals surface area contributed by atoms with E-state index in [4.69, 9.17) is 4.42 Å². The highest BCUT2D eigenvalue weighted by Gasteiger charge is 2.25. The van der Waals surface area contributed by atoms with Crippen molar-refractivity contribution in [1.82, 2.24) is 15.1 Å². The molecule has 1 aliphatic heterocycles. The van der Waals surface area contributed by atoms with Crippen molar-refractivity contribution >= 4 is 29.0 Å². The lowest BCUT2D eigenvalue weighted by Crippen LogP contribution is -2.49. The summed E-state index contributed by atoms with van der Waals surface area (Å²) in [6.07, 6.45) is 0. The second-order valence-electron chi connectivity index (χ2n) is 7.09. The fourth-order valence-electron chi connectivity index (χ4n) is 3.49.